The van der Waals surface area contributed by atoms with Gasteiger partial charge >= 0.3 is 0 Å². The number of hydrogen-bond donors (Lipinski definition) is 2. The fraction of sp³-hybridized carbons (Fsp3) is 0.0625. The number of rotatable bonds is 3. The van der Waals surface area contributed by atoms with Gasteiger partial charge in [0.1, 0.15) is 5.75 Å². The van der Waals surface area contributed by atoms with Crippen LogP contribution >= 0.6 is 23.2 Å². The molecule has 2 aromatic carbocycles. The van der Waals surface area contributed by atoms with Crippen LogP contribution in [0.3, 0.4) is 0 Å². The first-order valence-corrected chi connectivity index (χ1v) is 7.15. The van der Waals surface area contributed by atoms with Crippen LogP contribution in [0.5, 0.6) is 5.75 Å². The molecule has 0 fully saturated rings. The molecule has 0 aliphatic carbocycles. The van der Waals surface area contributed by atoms with Gasteiger partial charge in [-0.2, -0.15) is 0 Å². The molecular formula is C16H12Cl2N2O. The lowest BCUT2D eigenvalue weighted by Gasteiger charge is -2.12. The molecule has 3 aromatic rings. The highest BCUT2D eigenvalue weighted by molar-refractivity contribution is 6.32. The number of fused-ring (bicyclic) bond motifs is 1. The van der Waals surface area contributed by atoms with Crippen molar-refractivity contribution in [1.82, 2.24) is 4.98 Å². The Balaban J connectivity index is 1.95. The Hall–Kier alpha value is -1.97. The minimum Gasteiger partial charge on any atom is -0.508 e. The summed E-state index contributed by atoms with van der Waals surface area (Å²) in [6, 6.07) is 12.5. The maximum Gasteiger partial charge on any atom is 0.122 e. The van der Waals surface area contributed by atoms with E-state index >= 15 is 0 Å². The Bertz CT molecular complexity index is 785. The van der Waals surface area contributed by atoms with Crippen molar-refractivity contribution >= 4 is 39.8 Å². The van der Waals surface area contributed by atoms with Crippen molar-refractivity contribution in [3.05, 3.63) is 64.3 Å². The SMILES string of the molecule is Oc1cccc(Cl)c1CNc1cc(Cl)cc2cccnc12. The molecule has 2 N–H and O–H groups in total. The van der Waals surface area contributed by atoms with Gasteiger partial charge in [0.15, 0.2) is 0 Å². The highest BCUT2D eigenvalue weighted by Gasteiger charge is 2.08. The summed E-state index contributed by atoms with van der Waals surface area (Å²) < 4.78 is 0. The van der Waals surface area contributed by atoms with Crippen LogP contribution in [0.25, 0.3) is 10.9 Å². The number of nitrogens with one attached hydrogen (secondary N) is 1. The van der Waals surface area contributed by atoms with Crippen LogP contribution in [-0.2, 0) is 6.54 Å². The number of halogens is 2. The lowest BCUT2D eigenvalue weighted by Crippen LogP contribution is -2.01. The molecular weight excluding hydrogens is 307 g/mol. The number of benzene rings is 2. The van der Waals surface area contributed by atoms with E-state index in [1.807, 2.05) is 24.3 Å². The fourth-order valence-electron chi connectivity index (χ4n) is 2.20. The molecule has 0 saturated heterocycles. The molecule has 0 bridgehead atoms. The molecule has 0 unspecified atom stereocenters. The average Bonchev–Trinajstić information content (AvgIpc) is 2.46. The predicted molar refractivity (Wildman–Crippen MR) is 87.2 cm³/mol. The second-order valence-corrected chi connectivity index (χ2v) is 5.46. The first-order chi connectivity index (χ1) is 10.1. The van der Waals surface area contributed by atoms with Crippen LogP contribution in [0, 0.1) is 0 Å². The summed E-state index contributed by atoms with van der Waals surface area (Å²) in [6.07, 6.45) is 1.73. The molecule has 106 valence electrons. The van der Waals surface area contributed by atoms with Gasteiger partial charge in [-0.15, -0.1) is 0 Å². The molecule has 0 spiro atoms. The standard InChI is InChI=1S/C16H12Cl2N2O/c17-11-7-10-3-2-6-19-16(10)14(8-11)20-9-12-13(18)4-1-5-15(12)21/h1-8,20-21H,9H2. The number of anilines is 1. The lowest BCUT2D eigenvalue weighted by molar-refractivity contribution is 0.469. The van der Waals surface area contributed by atoms with E-state index in [9.17, 15) is 5.11 Å². The van der Waals surface area contributed by atoms with Crippen molar-refractivity contribution in [2.75, 3.05) is 5.32 Å². The van der Waals surface area contributed by atoms with Gasteiger partial charge in [0.05, 0.1) is 11.2 Å². The summed E-state index contributed by atoms with van der Waals surface area (Å²) in [5.41, 5.74) is 2.27. The van der Waals surface area contributed by atoms with Gasteiger partial charge in [-0.1, -0.05) is 35.3 Å². The average molecular weight is 319 g/mol. The molecule has 0 aliphatic heterocycles. The molecule has 21 heavy (non-hydrogen) atoms. The van der Waals surface area contributed by atoms with E-state index in [1.165, 1.54) is 0 Å². The third kappa shape index (κ3) is 2.89. The molecule has 0 radical (unpaired) electrons. The third-order valence-corrected chi connectivity index (χ3v) is 3.79. The summed E-state index contributed by atoms with van der Waals surface area (Å²) in [5.74, 6) is 0.161. The first-order valence-electron chi connectivity index (χ1n) is 6.39. The molecule has 5 heteroatoms. The zero-order chi connectivity index (χ0) is 14.8. The van der Waals surface area contributed by atoms with Gasteiger partial charge < -0.3 is 10.4 Å². The van der Waals surface area contributed by atoms with Crippen molar-refractivity contribution in [1.29, 1.82) is 0 Å². The largest absolute Gasteiger partial charge is 0.508 e. The summed E-state index contributed by atoms with van der Waals surface area (Å²) in [6.45, 7) is 0.386. The van der Waals surface area contributed by atoms with Crippen LogP contribution in [0.15, 0.2) is 48.7 Å². The van der Waals surface area contributed by atoms with E-state index in [0.717, 1.165) is 16.6 Å². The van der Waals surface area contributed by atoms with E-state index in [4.69, 9.17) is 23.2 Å². The second kappa shape index (κ2) is 5.80. The van der Waals surface area contributed by atoms with Crippen molar-refractivity contribution < 1.29 is 5.11 Å². The molecule has 3 rings (SSSR count). The van der Waals surface area contributed by atoms with E-state index in [0.29, 0.717) is 22.2 Å². The van der Waals surface area contributed by atoms with Crippen molar-refractivity contribution in [2.45, 2.75) is 6.54 Å². The van der Waals surface area contributed by atoms with E-state index in [-0.39, 0.29) is 5.75 Å². The third-order valence-electron chi connectivity index (χ3n) is 3.22. The van der Waals surface area contributed by atoms with Gasteiger partial charge in [-0.3, -0.25) is 4.98 Å². The number of phenols is 1. The van der Waals surface area contributed by atoms with Crippen LogP contribution < -0.4 is 5.32 Å². The molecule has 0 aliphatic rings. The minimum absolute atomic E-state index is 0.161. The van der Waals surface area contributed by atoms with Gasteiger partial charge in [0.25, 0.3) is 0 Å². The fourth-order valence-corrected chi connectivity index (χ4v) is 2.66. The minimum atomic E-state index is 0.161. The monoisotopic (exact) mass is 318 g/mol. The Morgan fingerprint density at radius 2 is 1.95 bits per heavy atom. The van der Waals surface area contributed by atoms with Gasteiger partial charge in [0.2, 0.25) is 0 Å². The Labute approximate surface area is 132 Å². The number of nitrogens with zero attached hydrogens (tertiary/aromatic N) is 1. The molecule has 0 atom stereocenters. The molecule has 0 amide bonds. The van der Waals surface area contributed by atoms with Crippen LogP contribution in [0.1, 0.15) is 5.56 Å². The highest BCUT2D eigenvalue weighted by atomic mass is 35.5. The van der Waals surface area contributed by atoms with E-state index < -0.39 is 0 Å². The number of aromatic hydroxyl groups is 1. The first kappa shape index (κ1) is 14.0. The summed E-state index contributed by atoms with van der Waals surface area (Å²) in [7, 11) is 0. The molecule has 1 aromatic heterocycles. The van der Waals surface area contributed by atoms with Crippen molar-refractivity contribution in [3.8, 4) is 5.75 Å². The summed E-state index contributed by atoms with van der Waals surface area (Å²) in [4.78, 5) is 4.36. The zero-order valence-corrected chi connectivity index (χ0v) is 12.5. The summed E-state index contributed by atoms with van der Waals surface area (Å²) >= 11 is 12.2. The number of aromatic nitrogens is 1. The summed E-state index contributed by atoms with van der Waals surface area (Å²) in [5, 5.41) is 15.2. The van der Waals surface area contributed by atoms with Crippen LogP contribution in [-0.4, -0.2) is 10.1 Å². The van der Waals surface area contributed by atoms with Crippen LogP contribution in [0.4, 0.5) is 5.69 Å². The van der Waals surface area contributed by atoms with Crippen LogP contribution in [0.2, 0.25) is 10.0 Å². The normalized spacial score (nSPS) is 10.8. The van der Waals surface area contributed by atoms with E-state index in [2.05, 4.69) is 10.3 Å². The molecule has 0 saturated carbocycles. The molecule has 3 nitrogen and oxygen atoms in total. The van der Waals surface area contributed by atoms with Crippen molar-refractivity contribution in [2.24, 2.45) is 0 Å². The number of phenolic OH excluding ortho intramolecular Hbond substituents is 1. The zero-order valence-electron chi connectivity index (χ0n) is 11.0. The lowest BCUT2D eigenvalue weighted by atomic mass is 10.1. The molecule has 1 heterocycles. The Morgan fingerprint density at radius 3 is 2.76 bits per heavy atom. The maximum atomic E-state index is 9.87. The Morgan fingerprint density at radius 1 is 1.10 bits per heavy atom. The van der Waals surface area contributed by atoms with Gasteiger partial charge in [0, 0.05) is 33.7 Å². The van der Waals surface area contributed by atoms with E-state index in [1.54, 1.807) is 24.4 Å². The van der Waals surface area contributed by atoms with Gasteiger partial charge in [-0.05, 0) is 30.3 Å². The predicted octanol–water partition coefficient (Wildman–Crippen LogP) is 4.86. The number of hydrogen-bond acceptors (Lipinski definition) is 3. The van der Waals surface area contributed by atoms with Crippen molar-refractivity contribution in [3.63, 3.8) is 0 Å². The highest BCUT2D eigenvalue weighted by Crippen LogP contribution is 2.29. The second-order valence-electron chi connectivity index (χ2n) is 4.62. The topological polar surface area (TPSA) is 45.1 Å². The maximum absolute atomic E-state index is 9.87. The number of pyridine rings is 1. The smallest absolute Gasteiger partial charge is 0.122 e. The Kier molecular flexibility index (Phi) is 3.86. The quantitative estimate of drug-likeness (QED) is 0.725. The van der Waals surface area contributed by atoms with Gasteiger partial charge in [-0.25, -0.2) is 0 Å².